The number of pyridine rings is 1. The zero-order valence-corrected chi connectivity index (χ0v) is 12.5. The number of hydrogen-bond donors (Lipinski definition) is 0. The molecule has 6 nitrogen and oxygen atoms in total. The summed E-state index contributed by atoms with van der Waals surface area (Å²) in [6.07, 6.45) is 5.35. The minimum Gasteiger partial charge on any atom is -0.329 e. The van der Waals surface area contributed by atoms with Crippen molar-refractivity contribution in [1.82, 2.24) is 19.7 Å². The van der Waals surface area contributed by atoms with Crippen LogP contribution >= 0.6 is 0 Å². The number of fused-ring (bicyclic) bond motifs is 2. The van der Waals surface area contributed by atoms with Crippen LogP contribution in [0.3, 0.4) is 0 Å². The normalized spacial score (nSPS) is 28.7. The zero-order chi connectivity index (χ0) is 15.1. The molecule has 0 aromatic carbocycles. The first kappa shape index (κ1) is 13.7. The number of piperazine rings is 2. The molecule has 1 aromatic rings. The highest BCUT2D eigenvalue weighted by atomic mass is 16.2. The molecule has 0 saturated carbocycles. The van der Waals surface area contributed by atoms with Gasteiger partial charge in [-0.05, 0) is 30.5 Å². The van der Waals surface area contributed by atoms with Gasteiger partial charge in [-0.25, -0.2) is 0 Å². The SMILES string of the molecule is O=C1[C@H]2CN(Cc3ccncc3)CCN2C(=O)[C@H]2CCCN12. The van der Waals surface area contributed by atoms with Crippen LogP contribution in [0, 0.1) is 0 Å². The van der Waals surface area contributed by atoms with Crippen molar-refractivity contribution in [2.75, 3.05) is 26.2 Å². The first-order chi connectivity index (χ1) is 10.7. The minimum atomic E-state index is -0.294. The van der Waals surface area contributed by atoms with Crippen LogP contribution in [0.2, 0.25) is 0 Å². The van der Waals surface area contributed by atoms with E-state index in [0.29, 0.717) is 13.1 Å². The third kappa shape index (κ3) is 2.18. The van der Waals surface area contributed by atoms with E-state index in [9.17, 15) is 9.59 Å². The predicted octanol–water partition coefficient (Wildman–Crippen LogP) is 0.0990. The van der Waals surface area contributed by atoms with Crippen molar-refractivity contribution >= 4 is 11.8 Å². The number of aromatic nitrogens is 1. The lowest BCUT2D eigenvalue weighted by atomic mass is 10.0. The summed E-state index contributed by atoms with van der Waals surface area (Å²) in [4.78, 5) is 35.2. The lowest BCUT2D eigenvalue weighted by molar-refractivity contribution is -0.163. The fourth-order valence-electron chi connectivity index (χ4n) is 3.87. The number of carbonyl (C=O) groups is 2. The van der Waals surface area contributed by atoms with Gasteiger partial charge in [0.15, 0.2) is 0 Å². The topological polar surface area (TPSA) is 56.8 Å². The van der Waals surface area contributed by atoms with E-state index >= 15 is 0 Å². The fourth-order valence-corrected chi connectivity index (χ4v) is 3.87. The average Bonchev–Trinajstić information content (AvgIpc) is 3.04. The second-order valence-electron chi connectivity index (χ2n) is 6.33. The Kier molecular flexibility index (Phi) is 3.33. The van der Waals surface area contributed by atoms with Gasteiger partial charge < -0.3 is 9.80 Å². The Morgan fingerprint density at radius 3 is 2.55 bits per heavy atom. The molecule has 0 unspecified atom stereocenters. The summed E-state index contributed by atoms with van der Waals surface area (Å²) in [5.74, 6) is 0.298. The van der Waals surface area contributed by atoms with Gasteiger partial charge in [-0.15, -0.1) is 0 Å². The van der Waals surface area contributed by atoms with Crippen molar-refractivity contribution in [3.8, 4) is 0 Å². The molecule has 1 aromatic heterocycles. The van der Waals surface area contributed by atoms with Crippen LogP contribution < -0.4 is 0 Å². The van der Waals surface area contributed by atoms with E-state index < -0.39 is 0 Å². The van der Waals surface area contributed by atoms with Gasteiger partial charge in [-0.1, -0.05) is 0 Å². The highest BCUT2D eigenvalue weighted by Crippen LogP contribution is 2.29. The average molecular weight is 300 g/mol. The van der Waals surface area contributed by atoms with E-state index in [1.807, 2.05) is 17.0 Å². The summed E-state index contributed by atoms with van der Waals surface area (Å²) in [5, 5.41) is 0. The van der Waals surface area contributed by atoms with Gasteiger partial charge in [0, 0.05) is 45.1 Å². The summed E-state index contributed by atoms with van der Waals surface area (Å²) < 4.78 is 0. The molecule has 116 valence electrons. The smallest absolute Gasteiger partial charge is 0.247 e. The number of carbonyl (C=O) groups excluding carboxylic acids is 2. The van der Waals surface area contributed by atoms with E-state index in [-0.39, 0.29) is 23.9 Å². The summed E-state index contributed by atoms with van der Waals surface area (Å²) >= 11 is 0. The highest BCUT2D eigenvalue weighted by molar-refractivity contribution is 5.97. The monoisotopic (exact) mass is 300 g/mol. The van der Waals surface area contributed by atoms with E-state index in [1.54, 1.807) is 17.3 Å². The second kappa shape index (κ2) is 5.35. The van der Waals surface area contributed by atoms with Gasteiger partial charge in [-0.3, -0.25) is 19.5 Å². The van der Waals surface area contributed by atoms with Gasteiger partial charge >= 0.3 is 0 Å². The third-order valence-corrected chi connectivity index (χ3v) is 5.01. The quantitative estimate of drug-likeness (QED) is 0.777. The van der Waals surface area contributed by atoms with Crippen molar-refractivity contribution in [1.29, 1.82) is 0 Å². The van der Waals surface area contributed by atoms with Crippen LogP contribution in [-0.2, 0) is 16.1 Å². The maximum absolute atomic E-state index is 12.7. The highest BCUT2D eigenvalue weighted by Gasteiger charge is 2.49. The summed E-state index contributed by atoms with van der Waals surface area (Å²) in [7, 11) is 0. The van der Waals surface area contributed by atoms with Crippen LogP contribution in [0.1, 0.15) is 18.4 Å². The summed E-state index contributed by atoms with van der Waals surface area (Å²) in [5.41, 5.74) is 1.19. The second-order valence-corrected chi connectivity index (χ2v) is 6.33. The van der Waals surface area contributed by atoms with Crippen LogP contribution in [-0.4, -0.2) is 69.8 Å². The maximum atomic E-state index is 12.7. The van der Waals surface area contributed by atoms with Gasteiger partial charge in [0.25, 0.3) is 0 Å². The molecule has 3 fully saturated rings. The van der Waals surface area contributed by atoms with E-state index in [1.165, 1.54) is 5.56 Å². The van der Waals surface area contributed by atoms with Crippen LogP contribution in [0.5, 0.6) is 0 Å². The third-order valence-electron chi connectivity index (χ3n) is 5.01. The Morgan fingerprint density at radius 2 is 1.73 bits per heavy atom. The molecule has 6 heteroatoms. The molecule has 0 spiro atoms. The predicted molar refractivity (Wildman–Crippen MR) is 79.8 cm³/mol. The number of amides is 2. The van der Waals surface area contributed by atoms with Crippen molar-refractivity contribution < 1.29 is 9.59 Å². The number of nitrogens with zero attached hydrogens (tertiary/aromatic N) is 4. The molecule has 2 atom stereocenters. The number of rotatable bonds is 2. The van der Waals surface area contributed by atoms with Crippen LogP contribution in [0.15, 0.2) is 24.5 Å². The molecule has 0 bridgehead atoms. The molecule has 0 aliphatic carbocycles. The van der Waals surface area contributed by atoms with Gasteiger partial charge in [-0.2, -0.15) is 0 Å². The Morgan fingerprint density at radius 1 is 1.00 bits per heavy atom. The molecular formula is C16H20N4O2. The van der Waals surface area contributed by atoms with E-state index in [0.717, 1.165) is 32.5 Å². The Hall–Kier alpha value is -1.95. The zero-order valence-electron chi connectivity index (χ0n) is 12.5. The van der Waals surface area contributed by atoms with Crippen LogP contribution in [0.4, 0.5) is 0 Å². The molecule has 3 saturated heterocycles. The Balaban J connectivity index is 1.50. The van der Waals surface area contributed by atoms with Crippen molar-refractivity contribution in [3.05, 3.63) is 30.1 Å². The number of hydrogen-bond acceptors (Lipinski definition) is 4. The Labute approximate surface area is 129 Å². The Bertz CT molecular complexity index is 591. The molecular weight excluding hydrogens is 280 g/mol. The van der Waals surface area contributed by atoms with Gasteiger partial charge in [0.05, 0.1) is 0 Å². The van der Waals surface area contributed by atoms with Gasteiger partial charge in [0.2, 0.25) is 11.8 Å². The molecule has 0 radical (unpaired) electrons. The van der Waals surface area contributed by atoms with Crippen molar-refractivity contribution in [2.24, 2.45) is 0 Å². The molecule has 3 aliphatic heterocycles. The van der Waals surface area contributed by atoms with Crippen LogP contribution in [0.25, 0.3) is 0 Å². The standard InChI is InChI=1S/C16H20N4O2/c21-15-13-2-1-7-19(13)16(22)14-11-18(8-9-20(14)15)10-12-3-5-17-6-4-12/h3-6,13-14H,1-2,7-11H2/t13-,14-/m1/s1. The fraction of sp³-hybridized carbons (Fsp3) is 0.562. The summed E-state index contributed by atoms with van der Waals surface area (Å²) in [6.45, 7) is 3.66. The lowest BCUT2D eigenvalue weighted by Gasteiger charge is -2.47. The minimum absolute atomic E-state index is 0.140. The molecule has 3 aliphatic rings. The molecule has 4 rings (SSSR count). The van der Waals surface area contributed by atoms with E-state index in [4.69, 9.17) is 0 Å². The maximum Gasteiger partial charge on any atom is 0.247 e. The molecule has 4 heterocycles. The molecule has 0 N–H and O–H groups in total. The first-order valence-electron chi connectivity index (χ1n) is 7.96. The van der Waals surface area contributed by atoms with E-state index in [2.05, 4.69) is 9.88 Å². The molecule has 22 heavy (non-hydrogen) atoms. The first-order valence-corrected chi connectivity index (χ1v) is 7.96. The van der Waals surface area contributed by atoms with Gasteiger partial charge in [0.1, 0.15) is 12.1 Å². The largest absolute Gasteiger partial charge is 0.329 e. The summed E-state index contributed by atoms with van der Waals surface area (Å²) in [6, 6.07) is 3.51. The van der Waals surface area contributed by atoms with Crippen molar-refractivity contribution in [2.45, 2.75) is 31.5 Å². The van der Waals surface area contributed by atoms with Crippen molar-refractivity contribution in [3.63, 3.8) is 0 Å². The lowest BCUT2D eigenvalue weighted by Crippen LogP contribution is -2.68. The molecule has 2 amide bonds.